The van der Waals surface area contributed by atoms with E-state index in [0.29, 0.717) is 19.4 Å². The molecule has 1 aromatic rings. The topological polar surface area (TPSA) is 101 Å². The van der Waals surface area contributed by atoms with E-state index in [1.54, 1.807) is 12.4 Å². The second-order valence-corrected chi connectivity index (χ2v) is 8.18. The summed E-state index contributed by atoms with van der Waals surface area (Å²) in [6.07, 6.45) is 11.0. The highest BCUT2D eigenvalue weighted by Gasteiger charge is 2.33. The Kier molecular flexibility index (Phi) is 8.43. The molecule has 1 aromatic heterocycles. The molecule has 7 nitrogen and oxygen atoms in total. The van der Waals surface area contributed by atoms with Crippen LogP contribution in [-0.4, -0.2) is 53.3 Å². The van der Waals surface area contributed by atoms with Gasteiger partial charge in [0, 0.05) is 24.9 Å². The van der Waals surface area contributed by atoms with E-state index >= 15 is 0 Å². The fourth-order valence-corrected chi connectivity index (χ4v) is 4.30. The number of carbonyl (C=O) groups excluding carboxylic acids is 2. The van der Waals surface area contributed by atoms with Crippen LogP contribution in [0.4, 0.5) is 0 Å². The lowest BCUT2D eigenvalue weighted by molar-refractivity contribution is -0.133. The summed E-state index contributed by atoms with van der Waals surface area (Å²) in [5.41, 5.74) is 0.934. The van der Waals surface area contributed by atoms with Gasteiger partial charge in [0.2, 0.25) is 11.8 Å². The van der Waals surface area contributed by atoms with Crippen molar-refractivity contribution in [2.75, 3.05) is 13.2 Å². The minimum Gasteiger partial charge on any atom is -0.394 e. The number of aliphatic hydroxyl groups excluding tert-OH is 1. The molecule has 7 heteroatoms. The van der Waals surface area contributed by atoms with Gasteiger partial charge < -0.3 is 20.5 Å². The van der Waals surface area contributed by atoms with E-state index in [2.05, 4.69) is 15.6 Å². The number of amides is 2. The Morgan fingerprint density at radius 1 is 1.10 bits per heavy atom. The largest absolute Gasteiger partial charge is 0.394 e. The van der Waals surface area contributed by atoms with E-state index in [4.69, 9.17) is 4.74 Å². The first-order valence-electron chi connectivity index (χ1n) is 10.9. The second kappa shape index (κ2) is 11.3. The summed E-state index contributed by atoms with van der Waals surface area (Å²) in [4.78, 5) is 28.5. The average molecular weight is 404 g/mol. The third kappa shape index (κ3) is 6.78. The van der Waals surface area contributed by atoms with Crippen LogP contribution < -0.4 is 10.6 Å². The first kappa shape index (κ1) is 21.7. The van der Waals surface area contributed by atoms with Gasteiger partial charge in [0.25, 0.3) is 0 Å². The van der Waals surface area contributed by atoms with Crippen molar-refractivity contribution in [2.24, 2.45) is 5.92 Å². The van der Waals surface area contributed by atoms with E-state index in [-0.39, 0.29) is 42.6 Å². The maximum Gasteiger partial charge on any atom is 0.224 e. The highest BCUT2D eigenvalue weighted by Crippen LogP contribution is 2.26. The Morgan fingerprint density at radius 2 is 1.86 bits per heavy atom. The van der Waals surface area contributed by atoms with E-state index in [0.717, 1.165) is 44.1 Å². The fraction of sp³-hybridized carbons (Fsp3) is 0.682. The highest BCUT2D eigenvalue weighted by molar-refractivity contribution is 5.79. The molecular weight excluding hydrogens is 370 g/mol. The van der Waals surface area contributed by atoms with Gasteiger partial charge in [-0.05, 0) is 49.8 Å². The number of ether oxygens (including phenoxy) is 1. The number of aromatic nitrogens is 1. The van der Waals surface area contributed by atoms with Crippen LogP contribution in [0.25, 0.3) is 0 Å². The Balaban J connectivity index is 1.37. The molecule has 3 atom stereocenters. The highest BCUT2D eigenvalue weighted by atomic mass is 16.5. The third-order valence-corrected chi connectivity index (χ3v) is 6.00. The fourth-order valence-electron chi connectivity index (χ4n) is 4.30. The van der Waals surface area contributed by atoms with E-state index in [1.807, 2.05) is 12.1 Å². The monoisotopic (exact) mass is 403 g/mol. The molecule has 1 aliphatic heterocycles. The summed E-state index contributed by atoms with van der Waals surface area (Å²) in [5.74, 6) is 0.193. The summed E-state index contributed by atoms with van der Waals surface area (Å²) in [7, 11) is 0. The standard InChI is InChI=1S/C22H33N3O4/c26-15-20-19(25-22(28)17-4-2-1-3-5-17)7-6-18(29-20)10-13-24-21(27)14-16-8-11-23-12-9-16/h8-9,11-12,17-20,26H,1-7,10,13-15H2,(H,24,27)(H,25,28)/t18-,19+,20-/m0/s1. The van der Waals surface area contributed by atoms with Gasteiger partial charge >= 0.3 is 0 Å². The van der Waals surface area contributed by atoms with Crippen molar-refractivity contribution >= 4 is 11.8 Å². The van der Waals surface area contributed by atoms with Crippen LogP contribution in [0.3, 0.4) is 0 Å². The Labute approximate surface area is 172 Å². The van der Waals surface area contributed by atoms with Crippen LogP contribution in [-0.2, 0) is 20.7 Å². The van der Waals surface area contributed by atoms with Gasteiger partial charge in [-0.25, -0.2) is 0 Å². The zero-order chi connectivity index (χ0) is 20.5. The summed E-state index contributed by atoms with van der Waals surface area (Å²) in [5, 5.41) is 15.8. The molecule has 0 radical (unpaired) electrons. The smallest absolute Gasteiger partial charge is 0.224 e. The van der Waals surface area contributed by atoms with Crippen LogP contribution >= 0.6 is 0 Å². The number of carbonyl (C=O) groups is 2. The van der Waals surface area contributed by atoms with Crippen LogP contribution in [0.5, 0.6) is 0 Å². The number of nitrogens with one attached hydrogen (secondary N) is 2. The molecule has 3 N–H and O–H groups in total. The lowest BCUT2D eigenvalue weighted by Gasteiger charge is -2.37. The average Bonchev–Trinajstić information content (AvgIpc) is 2.76. The van der Waals surface area contributed by atoms with Crippen molar-refractivity contribution in [3.63, 3.8) is 0 Å². The number of hydrogen-bond donors (Lipinski definition) is 3. The Hall–Kier alpha value is -1.99. The van der Waals surface area contributed by atoms with Crippen LogP contribution in [0.2, 0.25) is 0 Å². The van der Waals surface area contributed by atoms with Gasteiger partial charge in [0.1, 0.15) is 6.10 Å². The number of pyridine rings is 1. The SMILES string of the molecule is O=C(Cc1ccncc1)NCC[C@@H]1CC[C@@H](NC(=O)C2CCCCC2)[C@H](CO)O1. The Morgan fingerprint density at radius 3 is 2.59 bits per heavy atom. The van der Waals surface area contributed by atoms with Crippen molar-refractivity contribution in [3.8, 4) is 0 Å². The van der Waals surface area contributed by atoms with Crippen molar-refractivity contribution in [1.82, 2.24) is 15.6 Å². The second-order valence-electron chi connectivity index (χ2n) is 8.18. The Bertz CT molecular complexity index is 649. The molecule has 2 amide bonds. The predicted molar refractivity (Wildman–Crippen MR) is 109 cm³/mol. The number of nitrogens with zero attached hydrogens (tertiary/aromatic N) is 1. The lowest BCUT2D eigenvalue weighted by Crippen LogP contribution is -2.52. The van der Waals surface area contributed by atoms with Gasteiger partial charge in [-0.2, -0.15) is 0 Å². The normalized spacial score (nSPS) is 25.3. The maximum absolute atomic E-state index is 12.5. The first-order chi connectivity index (χ1) is 14.2. The van der Waals surface area contributed by atoms with E-state index < -0.39 is 0 Å². The van der Waals surface area contributed by atoms with Crippen LogP contribution in [0.15, 0.2) is 24.5 Å². The van der Waals surface area contributed by atoms with Crippen molar-refractivity contribution < 1.29 is 19.4 Å². The van der Waals surface area contributed by atoms with Gasteiger partial charge in [-0.1, -0.05) is 19.3 Å². The lowest BCUT2D eigenvalue weighted by atomic mass is 9.88. The summed E-state index contributed by atoms with van der Waals surface area (Å²) < 4.78 is 6.01. The van der Waals surface area contributed by atoms with E-state index in [9.17, 15) is 14.7 Å². The number of aliphatic hydroxyl groups is 1. The number of rotatable bonds is 8. The van der Waals surface area contributed by atoms with Crippen LogP contribution in [0.1, 0.15) is 56.9 Å². The van der Waals surface area contributed by atoms with Crippen molar-refractivity contribution in [2.45, 2.75) is 76.0 Å². The molecule has 1 aliphatic carbocycles. The zero-order valence-corrected chi connectivity index (χ0v) is 17.0. The first-order valence-corrected chi connectivity index (χ1v) is 10.9. The molecule has 0 bridgehead atoms. The molecule has 0 unspecified atom stereocenters. The summed E-state index contributed by atoms with van der Waals surface area (Å²) in [6, 6.07) is 3.53. The maximum atomic E-state index is 12.5. The molecule has 2 heterocycles. The van der Waals surface area contributed by atoms with Gasteiger partial charge in [-0.3, -0.25) is 14.6 Å². The molecule has 0 aromatic carbocycles. The zero-order valence-electron chi connectivity index (χ0n) is 17.0. The molecule has 160 valence electrons. The molecule has 3 rings (SSSR count). The molecule has 2 aliphatic rings. The molecule has 29 heavy (non-hydrogen) atoms. The minimum atomic E-state index is -0.381. The van der Waals surface area contributed by atoms with Gasteiger partial charge in [0.15, 0.2) is 0 Å². The third-order valence-electron chi connectivity index (χ3n) is 6.00. The molecule has 0 spiro atoms. The summed E-state index contributed by atoms with van der Waals surface area (Å²) in [6.45, 7) is 0.423. The quantitative estimate of drug-likeness (QED) is 0.614. The van der Waals surface area contributed by atoms with Crippen molar-refractivity contribution in [3.05, 3.63) is 30.1 Å². The van der Waals surface area contributed by atoms with E-state index in [1.165, 1.54) is 6.42 Å². The van der Waals surface area contributed by atoms with Crippen molar-refractivity contribution in [1.29, 1.82) is 0 Å². The molecule has 2 fully saturated rings. The minimum absolute atomic E-state index is 0.0174. The number of hydrogen-bond acceptors (Lipinski definition) is 5. The van der Waals surface area contributed by atoms with Gasteiger partial charge in [0.05, 0.1) is 25.2 Å². The van der Waals surface area contributed by atoms with Crippen LogP contribution in [0, 0.1) is 5.92 Å². The molecule has 1 saturated heterocycles. The summed E-state index contributed by atoms with van der Waals surface area (Å²) >= 11 is 0. The predicted octanol–water partition coefficient (Wildman–Crippen LogP) is 1.74. The molecule has 1 saturated carbocycles. The molecular formula is C22H33N3O4. The van der Waals surface area contributed by atoms with Gasteiger partial charge in [-0.15, -0.1) is 0 Å².